The third-order valence-electron chi connectivity index (χ3n) is 6.50. The molecule has 0 saturated carbocycles. The van der Waals surface area contributed by atoms with Gasteiger partial charge in [-0.25, -0.2) is 26.3 Å². The summed E-state index contributed by atoms with van der Waals surface area (Å²) >= 11 is 0. The summed E-state index contributed by atoms with van der Waals surface area (Å²) < 4.78 is 71.1. The number of sulfonamides is 1. The maximum absolute atomic E-state index is 14.1. The smallest absolute Gasteiger partial charge is 0.264 e. The van der Waals surface area contributed by atoms with Gasteiger partial charge in [0.1, 0.15) is 5.82 Å². The molecule has 0 unspecified atom stereocenters. The minimum atomic E-state index is -3.96. The van der Waals surface area contributed by atoms with Crippen LogP contribution in [0.15, 0.2) is 53.8 Å². The van der Waals surface area contributed by atoms with Crippen LogP contribution in [0.25, 0.3) is 16.6 Å². The Kier molecular flexibility index (Phi) is 6.32. The zero-order valence-corrected chi connectivity index (χ0v) is 21.3. The third-order valence-corrected chi connectivity index (χ3v) is 8.23. The van der Waals surface area contributed by atoms with Crippen molar-refractivity contribution in [3.63, 3.8) is 0 Å². The van der Waals surface area contributed by atoms with Crippen molar-refractivity contribution in [3.8, 4) is 5.69 Å². The molecule has 2 aromatic carbocycles. The summed E-state index contributed by atoms with van der Waals surface area (Å²) in [6, 6.07) is 9.06. The molecular weight excluding hydrogens is 507 g/mol. The maximum Gasteiger partial charge on any atom is 0.264 e. The average molecular weight is 534 g/mol. The van der Waals surface area contributed by atoms with Gasteiger partial charge in [-0.05, 0) is 54.4 Å². The van der Waals surface area contributed by atoms with Gasteiger partial charge in [0, 0.05) is 45.0 Å². The first kappa shape index (κ1) is 25.4. The van der Waals surface area contributed by atoms with Crippen molar-refractivity contribution in [1.82, 2.24) is 34.0 Å². The zero-order valence-electron chi connectivity index (χ0n) is 20.5. The Morgan fingerprint density at radius 3 is 2.46 bits per heavy atom. The molecule has 1 saturated heterocycles. The summed E-state index contributed by atoms with van der Waals surface area (Å²) in [5.41, 5.74) is 2.97. The van der Waals surface area contributed by atoms with Gasteiger partial charge in [0.05, 0.1) is 30.1 Å². The summed E-state index contributed by atoms with van der Waals surface area (Å²) in [5, 5.41) is 12.8. The highest BCUT2D eigenvalue weighted by atomic mass is 32.2. The first-order chi connectivity index (χ1) is 17.4. The van der Waals surface area contributed by atoms with Crippen LogP contribution in [0.5, 0.6) is 0 Å². The van der Waals surface area contributed by atoms with E-state index in [2.05, 4.69) is 15.3 Å². The highest BCUT2D eigenvalue weighted by molar-refractivity contribution is 7.89. The van der Waals surface area contributed by atoms with Gasteiger partial charge < -0.3 is 0 Å². The van der Waals surface area contributed by atoms with Gasteiger partial charge in [0.15, 0.2) is 0 Å². The zero-order chi connectivity index (χ0) is 26.5. The number of alkyl halides is 2. The molecule has 5 rings (SSSR count). The van der Waals surface area contributed by atoms with Crippen LogP contribution in [0, 0.1) is 12.7 Å². The minimum Gasteiger partial charge on any atom is -0.288 e. The molecule has 13 heteroatoms. The molecular formula is C24H26F3N7O2S. The van der Waals surface area contributed by atoms with Gasteiger partial charge in [0.2, 0.25) is 5.03 Å². The van der Waals surface area contributed by atoms with Crippen molar-refractivity contribution in [2.45, 2.75) is 30.8 Å². The van der Waals surface area contributed by atoms with Crippen molar-refractivity contribution < 1.29 is 21.6 Å². The molecule has 0 aliphatic carbocycles. The van der Waals surface area contributed by atoms with E-state index < -0.39 is 28.5 Å². The molecule has 2 aromatic heterocycles. The Morgan fingerprint density at radius 2 is 1.81 bits per heavy atom. The van der Waals surface area contributed by atoms with E-state index in [-0.39, 0.29) is 30.5 Å². The molecule has 9 nitrogen and oxygen atoms in total. The molecule has 1 aliphatic rings. The summed E-state index contributed by atoms with van der Waals surface area (Å²) in [6.45, 7) is 2.36. The number of halogens is 3. The molecule has 4 aromatic rings. The number of aromatic nitrogens is 5. The summed E-state index contributed by atoms with van der Waals surface area (Å²) in [6.07, 6.45) is 2.83. The van der Waals surface area contributed by atoms with Crippen LogP contribution < -0.4 is 0 Å². The van der Waals surface area contributed by atoms with Crippen LogP contribution in [0.2, 0.25) is 0 Å². The van der Waals surface area contributed by atoms with Crippen LogP contribution >= 0.6 is 0 Å². The lowest BCUT2D eigenvalue weighted by Crippen LogP contribution is -2.52. The fraction of sp³-hybridized carbons (Fsp3) is 0.375. The van der Waals surface area contributed by atoms with Crippen molar-refractivity contribution in [2.75, 3.05) is 26.2 Å². The number of rotatable bonds is 6. The molecule has 196 valence electrons. The lowest BCUT2D eigenvalue weighted by molar-refractivity contribution is -0.0373. The highest BCUT2D eigenvalue weighted by Crippen LogP contribution is 2.34. The predicted molar refractivity (Wildman–Crippen MR) is 130 cm³/mol. The van der Waals surface area contributed by atoms with E-state index in [1.54, 1.807) is 27.9 Å². The van der Waals surface area contributed by atoms with E-state index >= 15 is 0 Å². The van der Waals surface area contributed by atoms with Crippen molar-refractivity contribution in [2.24, 2.45) is 7.05 Å². The van der Waals surface area contributed by atoms with Gasteiger partial charge in [-0.3, -0.25) is 4.90 Å². The predicted octanol–water partition coefficient (Wildman–Crippen LogP) is 3.30. The Balaban J connectivity index is 1.54. The lowest BCUT2D eigenvalue weighted by Gasteiger charge is -2.42. The maximum atomic E-state index is 14.1. The van der Waals surface area contributed by atoms with E-state index in [0.29, 0.717) is 5.69 Å². The molecule has 37 heavy (non-hydrogen) atoms. The summed E-state index contributed by atoms with van der Waals surface area (Å²) in [5.74, 6) is -3.32. The van der Waals surface area contributed by atoms with Gasteiger partial charge in [0.25, 0.3) is 15.9 Å². The van der Waals surface area contributed by atoms with E-state index in [9.17, 15) is 21.6 Å². The Labute approximate surface area is 212 Å². The van der Waals surface area contributed by atoms with Gasteiger partial charge >= 0.3 is 0 Å². The monoisotopic (exact) mass is 533 g/mol. The fourth-order valence-corrected chi connectivity index (χ4v) is 6.10. The normalized spacial score (nSPS) is 18.1. The number of piperazine rings is 1. The third kappa shape index (κ3) is 4.98. The Hall–Kier alpha value is -3.29. The first-order valence-electron chi connectivity index (χ1n) is 11.6. The summed E-state index contributed by atoms with van der Waals surface area (Å²) in [7, 11) is -2.44. The quantitative estimate of drug-likeness (QED) is 0.378. The molecule has 0 N–H and O–H groups in total. The number of aryl methyl sites for hydroxylation is 2. The second-order valence-electron chi connectivity index (χ2n) is 9.39. The van der Waals surface area contributed by atoms with Gasteiger partial charge in [-0.15, -0.1) is 5.10 Å². The molecule has 1 fully saturated rings. The van der Waals surface area contributed by atoms with Crippen LogP contribution in [-0.2, 0) is 17.1 Å². The number of hydrogen-bond acceptors (Lipinski definition) is 6. The van der Waals surface area contributed by atoms with E-state index in [4.69, 9.17) is 0 Å². The molecule has 0 bridgehead atoms. The molecule has 0 spiro atoms. The second kappa shape index (κ2) is 9.23. The molecule has 0 radical (unpaired) electrons. The standard InChI is InChI=1S/C24H26F3N7O2S/c1-16-10-21-17(12-29-34(21)19-6-4-18(25)5-7-19)11-20(16)22-14-33(9-8-32(22)15-24(2,26)27)37(35,36)23-13-28-31(3)30-23/h4-7,10-13,22H,8-9,14-15H2,1-3H3/t22-/m1/s1. The van der Waals surface area contributed by atoms with E-state index in [1.807, 2.05) is 19.1 Å². The van der Waals surface area contributed by atoms with E-state index in [1.165, 1.54) is 29.7 Å². The van der Waals surface area contributed by atoms with E-state index in [0.717, 1.165) is 33.8 Å². The van der Waals surface area contributed by atoms with Crippen molar-refractivity contribution in [1.29, 1.82) is 0 Å². The van der Waals surface area contributed by atoms with Crippen molar-refractivity contribution in [3.05, 3.63) is 65.7 Å². The number of hydrogen-bond donors (Lipinski definition) is 0. The number of benzene rings is 2. The fourth-order valence-electron chi connectivity index (χ4n) is 4.78. The molecule has 3 heterocycles. The van der Waals surface area contributed by atoms with Gasteiger partial charge in [-0.1, -0.05) is 0 Å². The second-order valence-corrected chi connectivity index (χ2v) is 11.3. The number of fused-ring (bicyclic) bond motifs is 1. The van der Waals surface area contributed by atoms with Crippen LogP contribution in [0.3, 0.4) is 0 Å². The summed E-state index contributed by atoms with van der Waals surface area (Å²) in [4.78, 5) is 2.79. The first-order valence-corrected chi connectivity index (χ1v) is 13.1. The topological polar surface area (TPSA) is 89.2 Å². The SMILES string of the molecule is Cc1cc2c(cnn2-c2ccc(F)cc2)cc1[C@H]1CN(S(=O)(=O)c2cnn(C)n2)CCN1CC(C)(F)F. The van der Waals surface area contributed by atoms with Crippen LogP contribution in [0.4, 0.5) is 13.2 Å². The molecule has 1 aliphatic heterocycles. The largest absolute Gasteiger partial charge is 0.288 e. The lowest BCUT2D eigenvalue weighted by atomic mass is 9.96. The average Bonchev–Trinajstić information content (AvgIpc) is 3.45. The Morgan fingerprint density at radius 1 is 1.08 bits per heavy atom. The van der Waals surface area contributed by atoms with Crippen LogP contribution in [0.1, 0.15) is 24.1 Å². The van der Waals surface area contributed by atoms with Crippen molar-refractivity contribution >= 4 is 20.9 Å². The number of nitrogens with zero attached hydrogens (tertiary/aromatic N) is 7. The molecule has 0 amide bonds. The van der Waals surface area contributed by atoms with Crippen LogP contribution in [-0.4, -0.2) is 74.5 Å². The molecule has 1 atom stereocenters. The highest BCUT2D eigenvalue weighted by Gasteiger charge is 2.39. The van der Waals surface area contributed by atoms with Gasteiger partial charge in [-0.2, -0.15) is 19.3 Å². The Bertz CT molecular complexity index is 1540. The minimum absolute atomic E-state index is 0.0204.